The van der Waals surface area contributed by atoms with E-state index in [0.29, 0.717) is 6.54 Å². The smallest absolute Gasteiger partial charge is 0.309 e. The second-order valence-electron chi connectivity index (χ2n) is 7.73. The topological polar surface area (TPSA) is 61.4 Å². The zero-order chi connectivity index (χ0) is 19.3. The van der Waals surface area contributed by atoms with Crippen molar-refractivity contribution in [1.29, 1.82) is 0 Å². The predicted molar refractivity (Wildman–Crippen MR) is 111 cm³/mol. The Balaban J connectivity index is 1.40. The van der Waals surface area contributed by atoms with E-state index < -0.39 is 11.8 Å². The predicted octanol–water partition coefficient (Wildman–Crippen LogP) is 3.02. The molecule has 1 aromatic carbocycles. The molecule has 5 nitrogen and oxygen atoms in total. The van der Waals surface area contributed by atoms with Crippen LogP contribution in [-0.4, -0.2) is 35.8 Å². The van der Waals surface area contributed by atoms with Crippen LogP contribution in [0.2, 0.25) is 0 Å². The average molecular weight is 398 g/mol. The maximum Gasteiger partial charge on any atom is 0.309 e. The number of rotatable bonds is 5. The molecule has 0 radical (unpaired) electrons. The number of fused-ring (bicyclic) bond motifs is 1. The summed E-state index contributed by atoms with van der Waals surface area (Å²) < 4.78 is 0. The molecule has 1 atom stereocenters. The molecule has 2 N–H and O–H groups in total. The lowest BCUT2D eigenvalue weighted by atomic mass is 9.97. The van der Waals surface area contributed by atoms with Crippen LogP contribution < -0.4 is 10.6 Å². The Morgan fingerprint density at radius 1 is 1.11 bits per heavy atom. The average Bonchev–Trinajstić information content (AvgIpc) is 3.42. The van der Waals surface area contributed by atoms with Gasteiger partial charge in [0.1, 0.15) is 0 Å². The second kappa shape index (κ2) is 8.88. The molecule has 2 heterocycles. The van der Waals surface area contributed by atoms with Crippen molar-refractivity contribution >= 4 is 23.2 Å². The fraction of sp³-hybridized carbons (Fsp3) is 0.455. The van der Waals surface area contributed by atoms with Gasteiger partial charge in [0.2, 0.25) is 0 Å². The standard InChI is InChI=1S/C22H27N3O2S/c26-21(22(27)24-19-7-3-4-8-19)23-13-20(18-10-12-28-15-18)25-11-9-16-5-1-2-6-17(16)14-25/h1-2,5-6,10,12,15,19-20H,3-4,7-9,11,13-14H2,(H,23,26)(H,24,27)/t20-/m0/s1. The summed E-state index contributed by atoms with van der Waals surface area (Å²) in [5.41, 5.74) is 3.95. The zero-order valence-electron chi connectivity index (χ0n) is 16.0. The molecule has 1 aliphatic carbocycles. The summed E-state index contributed by atoms with van der Waals surface area (Å²) in [4.78, 5) is 27.0. The molecular formula is C22H27N3O2S. The van der Waals surface area contributed by atoms with Crippen molar-refractivity contribution in [3.8, 4) is 0 Å². The molecule has 4 rings (SSSR count). The third-order valence-corrected chi connectivity index (χ3v) is 6.58. The highest BCUT2D eigenvalue weighted by Crippen LogP contribution is 2.28. The van der Waals surface area contributed by atoms with Crippen LogP contribution in [0.3, 0.4) is 0 Å². The summed E-state index contributed by atoms with van der Waals surface area (Å²) in [6.07, 6.45) is 5.22. The molecule has 28 heavy (non-hydrogen) atoms. The van der Waals surface area contributed by atoms with E-state index in [1.54, 1.807) is 11.3 Å². The van der Waals surface area contributed by atoms with E-state index in [9.17, 15) is 9.59 Å². The van der Waals surface area contributed by atoms with E-state index in [1.807, 2.05) is 0 Å². The first-order valence-corrected chi connectivity index (χ1v) is 11.1. The molecule has 0 spiro atoms. The van der Waals surface area contributed by atoms with Crippen LogP contribution in [0.1, 0.15) is 48.4 Å². The van der Waals surface area contributed by atoms with Gasteiger partial charge in [0.15, 0.2) is 0 Å². The molecule has 0 bridgehead atoms. The molecule has 1 aromatic heterocycles. The number of amides is 2. The number of benzene rings is 1. The summed E-state index contributed by atoms with van der Waals surface area (Å²) in [5.74, 6) is -1.02. The normalized spacial score (nSPS) is 18.4. The van der Waals surface area contributed by atoms with Crippen molar-refractivity contribution in [2.75, 3.05) is 13.1 Å². The Bertz CT molecular complexity index is 815. The van der Waals surface area contributed by atoms with Crippen molar-refractivity contribution in [1.82, 2.24) is 15.5 Å². The third kappa shape index (κ3) is 4.45. The number of thiophene rings is 1. The van der Waals surface area contributed by atoms with E-state index in [0.717, 1.165) is 45.2 Å². The third-order valence-electron chi connectivity index (χ3n) is 5.88. The van der Waals surface area contributed by atoms with Crippen molar-refractivity contribution in [2.24, 2.45) is 0 Å². The number of hydrogen-bond acceptors (Lipinski definition) is 4. The monoisotopic (exact) mass is 397 g/mol. The Morgan fingerprint density at radius 3 is 2.64 bits per heavy atom. The van der Waals surface area contributed by atoms with Crippen molar-refractivity contribution < 1.29 is 9.59 Å². The number of carbonyl (C=O) groups excluding carboxylic acids is 2. The van der Waals surface area contributed by atoms with Crippen LogP contribution in [0.15, 0.2) is 41.1 Å². The Morgan fingerprint density at radius 2 is 1.89 bits per heavy atom. The van der Waals surface area contributed by atoms with Crippen LogP contribution in [0.4, 0.5) is 0 Å². The van der Waals surface area contributed by atoms with Crippen LogP contribution in [0.5, 0.6) is 0 Å². The number of carbonyl (C=O) groups is 2. The minimum atomic E-state index is -0.524. The molecule has 1 aliphatic heterocycles. The number of hydrogen-bond donors (Lipinski definition) is 2. The Labute approximate surface area is 170 Å². The lowest BCUT2D eigenvalue weighted by molar-refractivity contribution is -0.139. The van der Waals surface area contributed by atoms with Gasteiger partial charge in [0.25, 0.3) is 0 Å². The molecular weight excluding hydrogens is 370 g/mol. The van der Waals surface area contributed by atoms with E-state index in [1.165, 1.54) is 16.7 Å². The first-order chi connectivity index (χ1) is 13.7. The molecule has 0 unspecified atom stereocenters. The number of nitrogens with one attached hydrogen (secondary N) is 2. The van der Waals surface area contributed by atoms with Crippen molar-refractivity contribution in [3.63, 3.8) is 0 Å². The maximum absolute atomic E-state index is 12.3. The summed E-state index contributed by atoms with van der Waals surface area (Å²) in [5, 5.41) is 9.94. The molecule has 2 aromatic rings. The number of nitrogens with zero attached hydrogens (tertiary/aromatic N) is 1. The fourth-order valence-corrected chi connectivity index (χ4v) is 5.00. The van der Waals surface area contributed by atoms with Gasteiger partial charge in [-0.05, 0) is 52.8 Å². The van der Waals surface area contributed by atoms with Gasteiger partial charge in [-0.15, -0.1) is 0 Å². The SMILES string of the molecule is O=C(NC[C@@H](c1ccsc1)N1CCc2ccccc2C1)C(=O)NC1CCCC1. The fourth-order valence-electron chi connectivity index (χ4n) is 4.30. The zero-order valence-corrected chi connectivity index (χ0v) is 16.8. The molecule has 148 valence electrons. The van der Waals surface area contributed by atoms with Crippen LogP contribution in [0, 0.1) is 0 Å². The summed E-state index contributed by atoms with van der Waals surface area (Å²) >= 11 is 1.66. The van der Waals surface area contributed by atoms with Gasteiger partial charge in [-0.2, -0.15) is 11.3 Å². The lowest BCUT2D eigenvalue weighted by Crippen LogP contribution is -2.47. The quantitative estimate of drug-likeness (QED) is 0.763. The lowest BCUT2D eigenvalue weighted by Gasteiger charge is -2.35. The first-order valence-electron chi connectivity index (χ1n) is 10.1. The second-order valence-corrected chi connectivity index (χ2v) is 8.51. The highest BCUT2D eigenvalue weighted by Gasteiger charge is 2.27. The largest absolute Gasteiger partial charge is 0.346 e. The van der Waals surface area contributed by atoms with Crippen LogP contribution in [0.25, 0.3) is 0 Å². The molecule has 2 aliphatic rings. The maximum atomic E-state index is 12.3. The molecule has 0 saturated heterocycles. The molecule has 1 saturated carbocycles. The minimum absolute atomic E-state index is 0.0721. The van der Waals surface area contributed by atoms with Crippen LogP contribution in [-0.2, 0) is 22.6 Å². The van der Waals surface area contributed by atoms with E-state index in [4.69, 9.17) is 0 Å². The van der Waals surface area contributed by atoms with Crippen molar-refractivity contribution in [2.45, 2.75) is 50.7 Å². The van der Waals surface area contributed by atoms with Crippen molar-refractivity contribution in [3.05, 3.63) is 57.8 Å². The molecule has 1 fully saturated rings. The van der Waals surface area contributed by atoms with Gasteiger partial charge in [0, 0.05) is 25.7 Å². The summed E-state index contributed by atoms with van der Waals surface area (Å²) in [6, 6.07) is 10.9. The van der Waals surface area contributed by atoms with Gasteiger partial charge >= 0.3 is 11.8 Å². The van der Waals surface area contributed by atoms with Gasteiger partial charge in [0.05, 0.1) is 6.04 Å². The molecule has 2 amide bonds. The van der Waals surface area contributed by atoms with Gasteiger partial charge in [-0.25, -0.2) is 0 Å². The van der Waals surface area contributed by atoms with Gasteiger partial charge < -0.3 is 10.6 Å². The highest BCUT2D eigenvalue weighted by atomic mass is 32.1. The Kier molecular flexibility index (Phi) is 6.07. The first kappa shape index (κ1) is 19.2. The van der Waals surface area contributed by atoms with Gasteiger partial charge in [-0.3, -0.25) is 14.5 Å². The van der Waals surface area contributed by atoms with E-state index >= 15 is 0 Å². The molecule has 6 heteroatoms. The van der Waals surface area contributed by atoms with E-state index in [2.05, 4.69) is 56.6 Å². The van der Waals surface area contributed by atoms with Crippen LogP contribution >= 0.6 is 11.3 Å². The minimum Gasteiger partial charge on any atom is -0.346 e. The summed E-state index contributed by atoms with van der Waals surface area (Å²) in [6.45, 7) is 2.25. The van der Waals surface area contributed by atoms with Gasteiger partial charge in [-0.1, -0.05) is 37.1 Å². The highest BCUT2D eigenvalue weighted by molar-refractivity contribution is 7.08. The summed E-state index contributed by atoms with van der Waals surface area (Å²) in [7, 11) is 0. The Hall–Kier alpha value is -2.18. The van der Waals surface area contributed by atoms with E-state index in [-0.39, 0.29) is 12.1 Å².